The smallest absolute Gasteiger partial charge is 0.242 e. The molecule has 0 aliphatic carbocycles. The van der Waals surface area contributed by atoms with E-state index in [9.17, 15) is 9.59 Å². The van der Waals surface area contributed by atoms with E-state index in [0.29, 0.717) is 13.1 Å². The van der Waals surface area contributed by atoms with Crippen LogP contribution in [-0.4, -0.2) is 40.4 Å². The molecule has 1 aliphatic rings. The summed E-state index contributed by atoms with van der Waals surface area (Å²) < 4.78 is 1.98. The van der Waals surface area contributed by atoms with Gasteiger partial charge in [-0.15, -0.1) is 0 Å². The molecule has 1 aromatic carbocycles. The SMILES string of the molecule is CC(C)NC(=O)C1CCCN(C(=O)Cn2ccc3ccccc32)C1. The molecule has 1 N–H and O–H groups in total. The maximum absolute atomic E-state index is 12.7. The molecule has 1 unspecified atom stereocenters. The Morgan fingerprint density at radius 2 is 2.04 bits per heavy atom. The quantitative estimate of drug-likeness (QED) is 0.937. The summed E-state index contributed by atoms with van der Waals surface area (Å²) in [5, 5.41) is 4.10. The van der Waals surface area contributed by atoms with E-state index in [-0.39, 0.29) is 23.8 Å². The summed E-state index contributed by atoms with van der Waals surface area (Å²) in [7, 11) is 0. The first kappa shape index (κ1) is 16.6. The predicted molar refractivity (Wildman–Crippen MR) is 94.5 cm³/mol. The maximum atomic E-state index is 12.7. The number of hydrogen-bond donors (Lipinski definition) is 1. The average Bonchev–Trinajstić information content (AvgIpc) is 2.97. The first-order valence-corrected chi connectivity index (χ1v) is 8.66. The molecule has 5 nitrogen and oxygen atoms in total. The highest BCUT2D eigenvalue weighted by atomic mass is 16.2. The zero-order chi connectivity index (χ0) is 17.1. The Kier molecular flexibility index (Phi) is 4.88. The monoisotopic (exact) mass is 327 g/mol. The number of amides is 2. The highest BCUT2D eigenvalue weighted by Gasteiger charge is 2.28. The van der Waals surface area contributed by atoms with E-state index >= 15 is 0 Å². The Morgan fingerprint density at radius 1 is 1.25 bits per heavy atom. The molecule has 0 bridgehead atoms. The van der Waals surface area contributed by atoms with Gasteiger partial charge in [-0.1, -0.05) is 18.2 Å². The van der Waals surface area contributed by atoms with Crippen molar-refractivity contribution in [3.8, 4) is 0 Å². The highest BCUT2D eigenvalue weighted by Crippen LogP contribution is 2.19. The molecule has 128 valence electrons. The summed E-state index contributed by atoms with van der Waals surface area (Å²) in [5.74, 6) is 0.0545. The summed E-state index contributed by atoms with van der Waals surface area (Å²) in [6, 6.07) is 10.2. The van der Waals surface area contributed by atoms with Gasteiger partial charge in [-0.2, -0.15) is 0 Å². The fraction of sp³-hybridized carbons (Fsp3) is 0.474. The van der Waals surface area contributed by atoms with Gasteiger partial charge in [0.15, 0.2) is 0 Å². The molecular weight excluding hydrogens is 302 g/mol. The minimum Gasteiger partial charge on any atom is -0.354 e. The zero-order valence-corrected chi connectivity index (χ0v) is 14.4. The number of aromatic nitrogens is 1. The molecule has 2 heterocycles. The van der Waals surface area contributed by atoms with Gasteiger partial charge >= 0.3 is 0 Å². The van der Waals surface area contributed by atoms with Crippen molar-refractivity contribution < 1.29 is 9.59 Å². The lowest BCUT2D eigenvalue weighted by atomic mass is 9.97. The third-order valence-corrected chi connectivity index (χ3v) is 4.56. The summed E-state index contributed by atoms with van der Waals surface area (Å²) in [6.07, 6.45) is 3.69. The van der Waals surface area contributed by atoms with Crippen LogP contribution in [0, 0.1) is 5.92 Å². The molecule has 1 aromatic heterocycles. The number of nitrogens with zero attached hydrogens (tertiary/aromatic N) is 2. The van der Waals surface area contributed by atoms with Crippen molar-refractivity contribution >= 4 is 22.7 Å². The molecule has 2 aromatic rings. The van der Waals surface area contributed by atoms with Gasteiger partial charge in [0.1, 0.15) is 6.54 Å². The lowest BCUT2D eigenvalue weighted by Gasteiger charge is -2.32. The van der Waals surface area contributed by atoms with Crippen LogP contribution in [0.15, 0.2) is 36.5 Å². The van der Waals surface area contributed by atoms with Crippen molar-refractivity contribution in [1.29, 1.82) is 0 Å². The number of nitrogens with one attached hydrogen (secondary N) is 1. The second kappa shape index (κ2) is 7.07. The van der Waals surface area contributed by atoms with Crippen molar-refractivity contribution in [2.24, 2.45) is 5.92 Å². The van der Waals surface area contributed by atoms with Crippen LogP contribution in [0.2, 0.25) is 0 Å². The summed E-state index contributed by atoms with van der Waals surface area (Å²) in [5.41, 5.74) is 1.07. The second-order valence-electron chi connectivity index (χ2n) is 6.84. The van der Waals surface area contributed by atoms with Gasteiger partial charge < -0.3 is 14.8 Å². The Morgan fingerprint density at radius 3 is 2.83 bits per heavy atom. The fourth-order valence-electron chi connectivity index (χ4n) is 3.34. The van der Waals surface area contributed by atoms with Gasteiger partial charge in [-0.05, 0) is 44.2 Å². The van der Waals surface area contributed by atoms with Crippen LogP contribution in [0.3, 0.4) is 0 Å². The number of benzene rings is 1. The second-order valence-corrected chi connectivity index (χ2v) is 6.84. The van der Waals surface area contributed by atoms with Gasteiger partial charge in [-0.3, -0.25) is 9.59 Å². The molecule has 24 heavy (non-hydrogen) atoms. The van der Waals surface area contributed by atoms with Gasteiger partial charge in [0.05, 0.1) is 5.92 Å². The third-order valence-electron chi connectivity index (χ3n) is 4.56. The van der Waals surface area contributed by atoms with Crippen LogP contribution in [0.5, 0.6) is 0 Å². The van der Waals surface area contributed by atoms with Crippen molar-refractivity contribution in [2.75, 3.05) is 13.1 Å². The summed E-state index contributed by atoms with van der Waals surface area (Å²) in [6.45, 7) is 5.51. The van der Waals surface area contributed by atoms with Gasteiger partial charge in [0, 0.05) is 30.8 Å². The van der Waals surface area contributed by atoms with Crippen LogP contribution in [-0.2, 0) is 16.1 Å². The molecule has 1 saturated heterocycles. The standard InChI is InChI=1S/C19H25N3O2/c1-14(2)20-19(24)16-7-5-10-22(12-16)18(23)13-21-11-9-15-6-3-4-8-17(15)21/h3-4,6,8-9,11,14,16H,5,7,10,12-13H2,1-2H3,(H,20,24). The summed E-state index contributed by atoms with van der Waals surface area (Å²) in [4.78, 5) is 26.7. The molecule has 2 amide bonds. The Balaban J connectivity index is 1.65. The number of carbonyl (C=O) groups excluding carboxylic acids is 2. The van der Waals surface area contributed by atoms with E-state index in [2.05, 4.69) is 5.32 Å². The van der Waals surface area contributed by atoms with Crippen LogP contribution < -0.4 is 5.32 Å². The van der Waals surface area contributed by atoms with E-state index in [4.69, 9.17) is 0 Å². The number of fused-ring (bicyclic) bond motifs is 1. The molecule has 1 aliphatic heterocycles. The molecule has 5 heteroatoms. The highest BCUT2D eigenvalue weighted by molar-refractivity contribution is 5.84. The van der Waals surface area contributed by atoms with Crippen molar-refractivity contribution in [3.63, 3.8) is 0 Å². The van der Waals surface area contributed by atoms with Crippen LogP contribution in [0.25, 0.3) is 10.9 Å². The fourth-order valence-corrected chi connectivity index (χ4v) is 3.34. The van der Waals surface area contributed by atoms with E-state index in [1.807, 2.05) is 59.8 Å². The normalized spacial score (nSPS) is 18.1. The number of likely N-dealkylation sites (tertiary alicyclic amines) is 1. The molecule has 0 spiro atoms. The van der Waals surface area contributed by atoms with Crippen LogP contribution >= 0.6 is 0 Å². The lowest BCUT2D eigenvalue weighted by molar-refractivity contribution is -0.136. The molecule has 0 radical (unpaired) electrons. The molecule has 3 rings (SSSR count). The van der Waals surface area contributed by atoms with E-state index in [1.165, 1.54) is 0 Å². The van der Waals surface area contributed by atoms with E-state index in [0.717, 1.165) is 30.3 Å². The molecule has 1 atom stereocenters. The first-order chi connectivity index (χ1) is 11.5. The first-order valence-electron chi connectivity index (χ1n) is 8.66. The number of hydrogen-bond acceptors (Lipinski definition) is 2. The Labute approximate surface area is 142 Å². The van der Waals surface area contributed by atoms with Crippen LogP contribution in [0.4, 0.5) is 0 Å². The third kappa shape index (κ3) is 3.61. The summed E-state index contributed by atoms with van der Waals surface area (Å²) >= 11 is 0. The molecule has 0 saturated carbocycles. The minimum absolute atomic E-state index is 0.0638. The van der Waals surface area contributed by atoms with E-state index < -0.39 is 0 Å². The van der Waals surface area contributed by atoms with Gasteiger partial charge in [0.25, 0.3) is 0 Å². The molecular formula is C19H25N3O2. The van der Waals surface area contributed by atoms with Gasteiger partial charge in [0.2, 0.25) is 11.8 Å². The minimum atomic E-state index is -0.0912. The maximum Gasteiger partial charge on any atom is 0.242 e. The van der Waals surface area contributed by atoms with Crippen molar-refractivity contribution in [2.45, 2.75) is 39.3 Å². The molecule has 1 fully saturated rings. The van der Waals surface area contributed by atoms with Gasteiger partial charge in [-0.25, -0.2) is 0 Å². The van der Waals surface area contributed by atoms with Crippen LogP contribution in [0.1, 0.15) is 26.7 Å². The van der Waals surface area contributed by atoms with Crippen molar-refractivity contribution in [1.82, 2.24) is 14.8 Å². The largest absolute Gasteiger partial charge is 0.354 e. The topological polar surface area (TPSA) is 54.3 Å². The number of carbonyl (C=O) groups is 2. The Bertz CT molecular complexity index is 735. The number of para-hydroxylation sites is 1. The average molecular weight is 327 g/mol. The van der Waals surface area contributed by atoms with E-state index in [1.54, 1.807) is 0 Å². The predicted octanol–water partition coefficient (Wildman–Crippen LogP) is 2.40. The zero-order valence-electron chi connectivity index (χ0n) is 14.4. The van der Waals surface area contributed by atoms with Crippen molar-refractivity contribution in [3.05, 3.63) is 36.5 Å². The number of rotatable bonds is 4. The Hall–Kier alpha value is -2.30. The lowest BCUT2D eigenvalue weighted by Crippen LogP contribution is -2.47. The number of piperidine rings is 1.